The van der Waals surface area contributed by atoms with Gasteiger partial charge in [-0.25, -0.2) is 8.42 Å². The fourth-order valence-electron chi connectivity index (χ4n) is 3.53. The highest BCUT2D eigenvalue weighted by molar-refractivity contribution is 7.92. The highest BCUT2D eigenvalue weighted by atomic mass is 32.2. The summed E-state index contributed by atoms with van der Waals surface area (Å²) in [6, 6.07) is 12.8. The first kappa shape index (κ1) is 20.9. The van der Waals surface area contributed by atoms with Gasteiger partial charge in [0, 0.05) is 11.4 Å². The normalized spacial score (nSPS) is 19.3. The summed E-state index contributed by atoms with van der Waals surface area (Å²) in [6.45, 7) is 1.88. The third-order valence-electron chi connectivity index (χ3n) is 5.16. The van der Waals surface area contributed by atoms with Gasteiger partial charge in [-0.15, -0.1) is 0 Å². The van der Waals surface area contributed by atoms with E-state index in [-0.39, 0.29) is 10.8 Å². The molecule has 0 radical (unpaired) electrons. The number of carboxylic acids is 1. The molecule has 8 heteroatoms. The number of sulfonamides is 1. The Kier molecular flexibility index (Phi) is 6.22. The van der Waals surface area contributed by atoms with Crippen molar-refractivity contribution in [3.05, 3.63) is 54.1 Å². The van der Waals surface area contributed by atoms with E-state index in [1.54, 1.807) is 36.4 Å². The molecule has 1 fully saturated rings. The SMILES string of the molecule is Cc1ccc(S(=O)(=O)Nc2ccc(NC(=O)[C@@H]3CCCC[C@H]3C(=O)O)cc2)cc1. The van der Waals surface area contributed by atoms with Crippen molar-refractivity contribution in [2.24, 2.45) is 11.8 Å². The monoisotopic (exact) mass is 416 g/mol. The highest BCUT2D eigenvalue weighted by Gasteiger charge is 2.35. The van der Waals surface area contributed by atoms with Gasteiger partial charge in [0.05, 0.1) is 16.7 Å². The van der Waals surface area contributed by atoms with Gasteiger partial charge < -0.3 is 10.4 Å². The molecule has 0 unspecified atom stereocenters. The Hall–Kier alpha value is -2.87. The van der Waals surface area contributed by atoms with Crippen LogP contribution in [0.4, 0.5) is 11.4 Å². The van der Waals surface area contributed by atoms with Crippen LogP contribution in [0.2, 0.25) is 0 Å². The van der Waals surface area contributed by atoms with Crippen LogP contribution in [0.15, 0.2) is 53.4 Å². The number of hydrogen-bond donors (Lipinski definition) is 3. The zero-order valence-corrected chi connectivity index (χ0v) is 16.9. The summed E-state index contributed by atoms with van der Waals surface area (Å²) in [5.74, 6) is -2.47. The summed E-state index contributed by atoms with van der Waals surface area (Å²) >= 11 is 0. The molecular formula is C21H24N2O5S. The minimum Gasteiger partial charge on any atom is -0.481 e. The molecule has 154 valence electrons. The molecule has 2 aromatic carbocycles. The van der Waals surface area contributed by atoms with Crippen LogP contribution in [-0.2, 0) is 19.6 Å². The van der Waals surface area contributed by atoms with E-state index in [0.717, 1.165) is 18.4 Å². The third-order valence-corrected chi connectivity index (χ3v) is 6.55. The van der Waals surface area contributed by atoms with Gasteiger partial charge in [-0.1, -0.05) is 30.5 Å². The molecule has 0 heterocycles. The van der Waals surface area contributed by atoms with E-state index in [1.807, 2.05) is 6.92 Å². The number of hydrogen-bond acceptors (Lipinski definition) is 4. The lowest BCUT2D eigenvalue weighted by atomic mass is 9.78. The summed E-state index contributed by atoms with van der Waals surface area (Å²) in [5.41, 5.74) is 1.82. The number of benzene rings is 2. The van der Waals surface area contributed by atoms with Crippen molar-refractivity contribution >= 4 is 33.3 Å². The van der Waals surface area contributed by atoms with E-state index < -0.39 is 27.8 Å². The molecule has 29 heavy (non-hydrogen) atoms. The van der Waals surface area contributed by atoms with Crippen LogP contribution >= 0.6 is 0 Å². The molecule has 3 rings (SSSR count). The Morgan fingerprint density at radius 1 is 0.897 bits per heavy atom. The fraction of sp³-hybridized carbons (Fsp3) is 0.333. The number of aryl methyl sites for hydroxylation is 1. The molecule has 0 bridgehead atoms. The number of anilines is 2. The van der Waals surface area contributed by atoms with Gasteiger partial charge in [0.1, 0.15) is 0 Å². The third kappa shape index (κ3) is 5.14. The average Bonchev–Trinajstić information content (AvgIpc) is 2.69. The summed E-state index contributed by atoms with van der Waals surface area (Å²) in [4.78, 5) is 24.1. The zero-order chi connectivity index (χ0) is 21.0. The number of carbonyl (C=O) groups is 2. The Morgan fingerprint density at radius 2 is 1.45 bits per heavy atom. The van der Waals surface area contributed by atoms with Gasteiger partial charge in [-0.2, -0.15) is 0 Å². The Bertz CT molecular complexity index is 985. The topological polar surface area (TPSA) is 113 Å². The van der Waals surface area contributed by atoms with Crippen LogP contribution in [0, 0.1) is 18.8 Å². The van der Waals surface area contributed by atoms with Gasteiger partial charge in [-0.3, -0.25) is 14.3 Å². The van der Waals surface area contributed by atoms with Crippen molar-refractivity contribution < 1.29 is 23.1 Å². The first-order valence-corrected chi connectivity index (χ1v) is 11.0. The molecule has 1 saturated carbocycles. The van der Waals surface area contributed by atoms with Crippen molar-refractivity contribution in [3.63, 3.8) is 0 Å². The standard InChI is InChI=1S/C21H24N2O5S/c1-14-6-12-17(13-7-14)29(27,28)23-16-10-8-15(9-11-16)22-20(24)18-4-2-3-5-19(18)21(25)26/h6-13,18-19,23H,2-5H2,1H3,(H,22,24)(H,25,26)/t18-,19-/m1/s1. The largest absolute Gasteiger partial charge is 0.481 e. The summed E-state index contributed by atoms with van der Waals surface area (Å²) in [7, 11) is -3.70. The van der Waals surface area contributed by atoms with Gasteiger partial charge >= 0.3 is 5.97 Å². The number of carbonyl (C=O) groups excluding carboxylic acids is 1. The van der Waals surface area contributed by atoms with Gasteiger partial charge in [0.2, 0.25) is 5.91 Å². The van der Waals surface area contributed by atoms with Crippen LogP contribution < -0.4 is 10.0 Å². The molecule has 0 spiro atoms. The fourth-order valence-corrected chi connectivity index (χ4v) is 4.59. The molecule has 1 amide bonds. The second-order valence-corrected chi connectivity index (χ2v) is 9.00. The maximum atomic E-state index is 12.5. The van der Waals surface area contributed by atoms with Gasteiger partial charge in [0.15, 0.2) is 0 Å². The minimum absolute atomic E-state index is 0.164. The second-order valence-electron chi connectivity index (χ2n) is 7.32. The van der Waals surface area contributed by atoms with E-state index in [9.17, 15) is 23.1 Å². The quantitative estimate of drug-likeness (QED) is 0.666. The van der Waals surface area contributed by atoms with Gasteiger partial charge in [-0.05, 0) is 56.2 Å². The predicted octanol–water partition coefficient (Wildman–Crippen LogP) is 3.63. The number of rotatable bonds is 6. The Morgan fingerprint density at radius 3 is 2.03 bits per heavy atom. The minimum atomic E-state index is -3.70. The lowest BCUT2D eigenvalue weighted by Gasteiger charge is -2.27. The number of carboxylic acid groups (broad SMARTS) is 1. The Labute approximate surface area is 170 Å². The number of aliphatic carboxylic acids is 1. The number of amides is 1. The molecule has 1 aliphatic rings. The van der Waals surface area contributed by atoms with Crippen molar-refractivity contribution in [1.29, 1.82) is 0 Å². The van der Waals surface area contributed by atoms with E-state index >= 15 is 0 Å². The molecule has 2 aromatic rings. The first-order chi connectivity index (χ1) is 13.8. The van der Waals surface area contributed by atoms with Crippen molar-refractivity contribution in [2.75, 3.05) is 10.0 Å². The molecule has 1 aliphatic carbocycles. The van der Waals surface area contributed by atoms with E-state index in [4.69, 9.17) is 0 Å². The maximum absolute atomic E-state index is 12.5. The summed E-state index contributed by atoms with van der Waals surface area (Å²) in [5, 5.41) is 12.1. The smallest absolute Gasteiger partial charge is 0.307 e. The summed E-state index contributed by atoms with van der Waals surface area (Å²) < 4.78 is 27.4. The van der Waals surface area contributed by atoms with Crippen molar-refractivity contribution in [1.82, 2.24) is 0 Å². The van der Waals surface area contributed by atoms with Crippen molar-refractivity contribution in [2.45, 2.75) is 37.5 Å². The van der Waals surface area contributed by atoms with E-state index in [0.29, 0.717) is 24.2 Å². The molecule has 0 saturated heterocycles. The molecule has 7 nitrogen and oxygen atoms in total. The molecule has 0 aromatic heterocycles. The van der Waals surface area contributed by atoms with Crippen LogP contribution in [-0.4, -0.2) is 25.4 Å². The molecule has 2 atom stereocenters. The Balaban J connectivity index is 1.66. The van der Waals surface area contributed by atoms with E-state index in [2.05, 4.69) is 10.0 Å². The molecule has 0 aliphatic heterocycles. The molecular weight excluding hydrogens is 392 g/mol. The zero-order valence-electron chi connectivity index (χ0n) is 16.1. The number of nitrogens with one attached hydrogen (secondary N) is 2. The predicted molar refractivity (Wildman–Crippen MR) is 110 cm³/mol. The molecule has 3 N–H and O–H groups in total. The summed E-state index contributed by atoms with van der Waals surface area (Å²) in [6.07, 6.45) is 2.71. The lowest BCUT2D eigenvalue weighted by molar-refractivity contribution is -0.147. The lowest BCUT2D eigenvalue weighted by Crippen LogP contribution is -2.36. The van der Waals surface area contributed by atoms with Crippen LogP contribution in [0.3, 0.4) is 0 Å². The van der Waals surface area contributed by atoms with E-state index in [1.165, 1.54) is 12.1 Å². The van der Waals surface area contributed by atoms with Crippen LogP contribution in [0.1, 0.15) is 31.2 Å². The first-order valence-electron chi connectivity index (χ1n) is 9.49. The highest BCUT2D eigenvalue weighted by Crippen LogP contribution is 2.31. The average molecular weight is 416 g/mol. The second kappa shape index (κ2) is 8.65. The van der Waals surface area contributed by atoms with Gasteiger partial charge in [0.25, 0.3) is 10.0 Å². The van der Waals surface area contributed by atoms with Crippen LogP contribution in [0.5, 0.6) is 0 Å². The van der Waals surface area contributed by atoms with Crippen LogP contribution in [0.25, 0.3) is 0 Å². The maximum Gasteiger partial charge on any atom is 0.307 e. The van der Waals surface area contributed by atoms with Crippen molar-refractivity contribution in [3.8, 4) is 0 Å².